The van der Waals surface area contributed by atoms with E-state index in [0.29, 0.717) is 11.5 Å². The van der Waals surface area contributed by atoms with Crippen LogP contribution >= 0.6 is 0 Å². The molecule has 1 aromatic carbocycles. The number of aliphatic hydroxyl groups is 2. The van der Waals surface area contributed by atoms with Crippen molar-refractivity contribution in [1.82, 2.24) is 0 Å². The minimum absolute atomic E-state index is 0.0823. The first-order valence-electron chi connectivity index (χ1n) is 13.2. The molecular weight excluding hydrogens is 458 g/mol. The minimum atomic E-state index is -0.450. The summed E-state index contributed by atoms with van der Waals surface area (Å²) in [7, 11) is 3.37. The summed E-state index contributed by atoms with van der Waals surface area (Å²) in [6, 6.07) is 4.15. The van der Waals surface area contributed by atoms with Gasteiger partial charge in [-0.2, -0.15) is 0 Å². The van der Waals surface area contributed by atoms with Gasteiger partial charge >= 0.3 is 0 Å². The molecule has 1 aliphatic heterocycles. The van der Waals surface area contributed by atoms with Gasteiger partial charge in [-0.1, -0.05) is 39.0 Å². The van der Waals surface area contributed by atoms with E-state index in [0.717, 1.165) is 42.7 Å². The number of fused-ring (bicyclic) bond motifs is 4. The summed E-state index contributed by atoms with van der Waals surface area (Å²) in [6.07, 6.45) is 15.6. The molecule has 7 nitrogen and oxygen atoms in total. The molecule has 0 amide bonds. The SMILES string of the molecule is CCCCCCCCc1c2[n+](cc3c(OC)c(OC)ccc13)CCC1C=C(OCO)C(OCO)=CC21. The van der Waals surface area contributed by atoms with Crippen molar-refractivity contribution in [2.24, 2.45) is 5.92 Å². The molecule has 0 saturated carbocycles. The van der Waals surface area contributed by atoms with Crippen molar-refractivity contribution in [3.8, 4) is 11.5 Å². The summed E-state index contributed by atoms with van der Waals surface area (Å²) in [4.78, 5) is 0. The van der Waals surface area contributed by atoms with Crippen LogP contribution in [0.1, 0.15) is 69.0 Å². The largest absolute Gasteiger partial charge is 0.493 e. The van der Waals surface area contributed by atoms with Crippen LogP contribution in [0.5, 0.6) is 11.5 Å². The van der Waals surface area contributed by atoms with E-state index in [-0.39, 0.29) is 11.8 Å². The molecule has 0 spiro atoms. The molecule has 2 aromatic rings. The van der Waals surface area contributed by atoms with Crippen LogP contribution in [0.2, 0.25) is 0 Å². The number of aromatic nitrogens is 1. The molecule has 0 bridgehead atoms. The fraction of sp³-hybridized carbons (Fsp3) is 0.552. The van der Waals surface area contributed by atoms with Gasteiger partial charge in [-0.3, -0.25) is 0 Å². The first-order valence-corrected chi connectivity index (χ1v) is 13.2. The third kappa shape index (κ3) is 5.32. The zero-order valence-electron chi connectivity index (χ0n) is 21.8. The van der Waals surface area contributed by atoms with Gasteiger partial charge in [0.1, 0.15) is 6.54 Å². The molecule has 2 unspecified atom stereocenters. The Labute approximate surface area is 213 Å². The van der Waals surface area contributed by atoms with Crippen LogP contribution in [0.25, 0.3) is 10.8 Å². The highest BCUT2D eigenvalue weighted by atomic mass is 16.6. The Bertz CT molecular complexity index is 1110. The van der Waals surface area contributed by atoms with Crippen molar-refractivity contribution in [1.29, 1.82) is 0 Å². The van der Waals surface area contributed by atoms with E-state index >= 15 is 0 Å². The molecule has 36 heavy (non-hydrogen) atoms. The Balaban J connectivity index is 1.80. The highest BCUT2D eigenvalue weighted by Gasteiger charge is 2.40. The van der Waals surface area contributed by atoms with Gasteiger partial charge < -0.3 is 29.2 Å². The number of unbranched alkanes of at least 4 members (excludes halogenated alkanes) is 5. The first-order chi connectivity index (χ1) is 17.7. The van der Waals surface area contributed by atoms with E-state index in [1.54, 1.807) is 14.2 Å². The van der Waals surface area contributed by atoms with Crippen LogP contribution in [0, 0.1) is 5.92 Å². The standard InChI is InChI=1S/C29H40NO6/c1-4-5-6-7-8-9-10-22-21-11-12-25(33-2)29(34-3)24(21)17-30-14-13-20-15-26(35-18-31)27(36-19-32)16-23(20)28(22)30/h11-12,15-17,20,23,31-32H,4-10,13-14,18-19H2,1-3H3/q+1. The van der Waals surface area contributed by atoms with Crippen molar-refractivity contribution in [3.05, 3.63) is 53.3 Å². The van der Waals surface area contributed by atoms with Gasteiger partial charge in [0.05, 0.1) is 25.5 Å². The zero-order chi connectivity index (χ0) is 25.5. The van der Waals surface area contributed by atoms with E-state index in [1.807, 2.05) is 18.2 Å². The van der Waals surface area contributed by atoms with Crippen LogP contribution in [0.15, 0.2) is 42.0 Å². The number of benzene rings is 1. The Morgan fingerprint density at radius 1 is 0.889 bits per heavy atom. The molecule has 196 valence electrons. The highest BCUT2D eigenvalue weighted by molar-refractivity contribution is 5.92. The second kappa shape index (κ2) is 12.5. The summed E-state index contributed by atoms with van der Waals surface area (Å²) >= 11 is 0. The molecule has 0 fully saturated rings. The smallest absolute Gasteiger partial charge is 0.192 e. The van der Waals surface area contributed by atoms with E-state index in [2.05, 4.69) is 23.8 Å². The minimum Gasteiger partial charge on any atom is -0.493 e. The number of pyridine rings is 1. The summed E-state index contributed by atoms with van der Waals surface area (Å²) in [5.41, 5.74) is 2.61. The third-order valence-corrected chi connectivity index (χ3v) is 7.45. The van der Waals surface area contributed by atoms with E-state index < -0.39 is 13.6 Å². The van der Waals surface area contributed by atoms with Gasteiger partial charge in [0.15, 0.2) is 48.5 Å². The monoisotopic (exact) mass is 498 g/mol. The van der Waals surface area contributed by atoms with E-state index in [4.69, 9.17) is 18.9 Å². The van der Waals surface area contributed by atoms with Crippen molar-refractivity contribution in [2.75, 3.05) is 27.8 Å². The normalized spacial score (nSPS) is 18.7. The average Bonchev–Trinajstić information content (AvgIpc) is 2.89. The number of aryl methyl sites for hydroxylation is 2. The number of ether oxygens (including phenoxy) is 4. The summed E-state index contributed by atoms with van der Waals surface area (Å²) < 4.78 is 24.7. The molecule has 0 radical (unpaired) electrons. The Kier molecular flexibility index (Phi) is 9.10. The summed E-state index contributed by atoms with van der Waals surface area (Å²) in [5.74, 6) is 2.76. The van der Waals surface area contributed by atoms with Gasteiger partial charge in [-0.05, 0) is 37.1 Å². The lowest BCUT2D eigenvalue weighted by Crippen LogP contribution is -2.47. The van der Waals surface area contributed by atoms with Crippen LogP contribution < -0.4 is 14.0 Å². The van der Waals surface area contributed by atoms with E-state index in [1.165, 1.54) is 48.7 Å². The zero-order valence-corrected chi connectivity index (χ0v) is 21.8. The Morgan fingerprint density at radius 3 is 2.31 bits per heavy atom. The summed E-state index contributed by atoms with van der Waals surface area (Å²) in [5, 5.41) is 21.1. The number of allylic oxidation sites excluding steroid dienone is 2. The van der Waals surface area contributed by atoms with Crippen molar-refractivity contribution < 1.29 is 33.7 Å². The molecule has 0 saturated heterocycles. The van der Waals surface area contributed by atoms with Crippen LogP contribution in [0.4, 0.5) is 0 Å². The molecule has 2 heterocycles. The number of rotatable bonds is 13. The van der Waals surface area contributed by atoms with Gasteiger partial charge in [-0.25, -0.2) is 4.57 Å². The number of methoxy groups -OCH3 is 2. The lowest BCUT2D eigenvalue weighted by molar-refractivity contribution is -0.711. The lowest BCUT2D eigenvalue weighted by Gasteiger charge is -2.32. The third-order valence-electron chi connectivity index (χ3n) is 7.45. The van der Waals surface area contributed by atoms with Crippen molar-refractivity contribution in [2.45, 2.75) is 70.8 Å². The van der Waals surface area contributed by atoms with Gasteiger partial charge in [-0.15, -0.1) is 0 Å². The topological polar surface area (TPSA) is 81.3 Å². The molecular formula is C29H40NO6+. The maximum absolute atomic E-state index is 9.46. The van der Waals surface area contributed by atoms with Crippen LogP contribution in [-0.2, 0) is 22.4 Å². The fourth-order valence-electron chi connectivity index (χ4n) is 5.76. The molecule has 2 N–H and O–H groups in total. The van der Waals surface area contributed by atoms with E-state index in [9.17, 15) is 10.2 Å². The second-order valence-electron chi connectivity index (χ2n) is 9.55. The quantitative estimate of drug-likeness (QED) is 0.233. The number of hydrogen-bond acceptors (Lipinski definition) is 6. The average molecular weight is 499 g/mol. The molecule has 1 aromatic heterocycles. The molecule has 4 rings (SSSR count). The lowest BCUT2D eigenvalue weighted by atomic mass is 9.77. The number of aliphatic hydroxyl groups excluding tert-OH is 2. The number of hydrogen-bond donors (Lipinski definition) is 2. The summed E-state index contributed by atoms with van der Waals surface area (Å²) in [6.45, 7) is 2.23. The second-order valence-corrected chi connectivity index (χ2v) is 9.55. The fourth-order valence-corrected chi connectivity index (χ4v) is 5.76. The first kappa shape index (κ1) is 26.3. The molecule has 7 heteroatoms. The molecule has 1 aliphatic carbocycles. The van der Waals surface area contributed by atoms with Crippen molar-refractivity contribution in [3.63, 3.8) is 0 Å². The van der Waals surface area contributed by atoms with Gasteiger partial charge in [0.25, 0.3) is 0 Å². The Morgan fingerprint density at radius 2 is 1.61 bits per heavy atom. The van der Waals surface area contributed by atoms with Crippen LogP contribution in [0.3, 0.4) is 0 Å². The number of nitrogens with zero attached hydrogens (tertiary/aromatic N) is 1. The van der Waals surface area contributed by atoms with Gasteiger partial charge in [0.2, 0.25) is 0 Å². The highest BCUT2D eigenvalue weighted by Crippen LogP contribution is 2.44. The van der Waals surface area contributed by atoms with Crippen molar-refractivity contribution >= 4 is 10.8 Å². The molecule has 2 aliphatic rings. The Hall–Kier alpha value is -2.77. The maximum atomic E-state index is 9.46. The predicted octanol–water partition coefficient (Wildman–Crippen LogP) is 4.87. The molecule has 2 atom stereocenters. The van der Waals surface area contributed by atoms with Gasteiger partial charge in [0, 0.05) is 23.3 Å². The maximum Gasteiger partial charge on any atom is 0.192 e. The predicted molar refractivity (Wildman–Crippen MR) is 138 cm³/mol. The van der Waals surface area contributed by atoms with Crippen LogP contribution in [-0.4, -0.2) is 38.0 Å².